The van der Waals surface area contributed by atoms with Gasteiger partial charge in [-0.25, -0.2) is 0 Å². The van der Waals surface area contributed by atoms with E-state index in [1.54, 1.807) is 0 Å². The zero-order chi connectivity index (χ0) is 35.3. The Bertz CT molecular complexity index is 3390. The van der Waals surface area contributed by atoms with Gasteiger partial charge in [-0.1, -0.05) is 127 Å². The third kappa shape index (κ3) is 4.28. The van der Waals surface area contributed by atoms with Crippen LogP contribution in [0.15, 0.2) is 176 Å². The van der Waals surface area contributed by atoms with Crippen LogP contribution < -0.4 is 0 Å². The van der Waals surface area contributed by atoms with E-state index in [1.165, 1.54) is 110 Å². The highest BCUT2D eigenvalue weighted by atomic mass is 15.0. The molecule has 54 heavy (non-hydrogen) atoms. The lowest BCUT2D eigenvalue weighted by Gasteiger charge is -2.14. The third-order valence-electron chi connectivity index (χ3n) is 11.9. The second kappa shape index (κ2) is 11.3. The Labute approximate surface area is 312 Å². The van der Waals surface area contributed by atoms with Gasteiger partial charge in [0.25, 0.3) is 0 Å². The highest BCUT2D eigenvalue weighted by Crippen LogP contribution is 2.40. The Kier molecular flexibility index (Phi) is 6.20. The van der Waals surface area contributed by atoms with E-state index in [4.69, 9.17) is 0 Å². The summed E-state index contributed by atoms with van der Waals surface area (Å²) >= 11 is 0. The van der Waals surface area contributed by atoms with E-state index < -0.39 is 0 Å². The van der Waals surface area contributed by atoms with Gasteiger partial charge in [-0.05, 0) is 122 Å². The van der Waals surface area contributed by atoms with Crippen molar-refractivity contribution in [1.29, 1.82) is 0 Å². The molecule has 0 saturated heterocycles. The summed E-state index contributed by atoms with van der Waals surface area (Å²) in [5.74, 6) is 0. The van der Waals surface area contributed by atoms with Crippen LogP contribution in [0.25, 0.3) is 104 Å². The van der Waals surface area contributed by atoms with Gasteiger partial charge in [0.1, 0.15) is 0 Å². The van der Waals surface area contributed by atoms with Crippen molar-refractivity contribution in [3.63, 3.8) is 0 Å². The van der Waals surface area contributed by atoms with E-state index in [-0.39, 0.29) is 0 Å². The Balaban J connectivity index is 1.00. The molecular weight excluding hydrogens is 653 g/mol. The van der Waals surface area contributed by atoms with Gasteiger partial charge in [-0.15, -0.1) is 0 Å². The minimum Gasteiger partial charge on any atom is -0.313 e. The highest BCUT2D eigenvalue weighted by Gasteiger charge is 2.20. The van der Waals surface area contributed by atoms with E-state index in [0.717, 1.165) is 12.8 Å². The summed E-state index contributed by atoms with van der Waals surface area (Å²) < 4.78 is 4.94. The molecule has 0 saturated carbocycles. The highest BCUT2D eigenvalue weighted by molar-refractivity contribution is 6.12. The van der Waals surface area contributed by atoms with Crippen LogP contribution in [0.3, 0.4) is 0 Å². The molecule has 0 fully saturated rings. The number of fused-ring (bicyclic) bond motifs is 12. The fourth-order valence-electron chi connectivity index (χ4n) is 9.41. The summed E-state index contributed by atoms with van der Waals surface area (Å²) in [6.45, 7) is 0. The Morgan fingerprint density at radius 3 is 1.56 bits per heavy atom. The molecule has 0 amide bonds. The topological polar surface area (TPSA) is 9.86 Å². The monoisotopic (exact) mass is 686 g/mol. The van der Waals surface area contributed by atoms with Gasteiger partial charge in [0.2, 0.25) is 0 Å². The van der Waals surface area contributed by atoms with Crippen molar-refractivity contribution in [2.24, 2.45) is 0 Å². The Morgan fingerprint density at radius 1 is 0.352 bits per heavy atom. The fraction of sp³-hybridized carbons (Fsp3) is 0.0385. The van der Waals surface area contributed by atoms with Gasteiger partial charge >= 0.3 is 0 Å². The first-order valence-corrected chi connectivity index (χ1v) is 19.0. The van der Waals surface area contributed by atoms with Crippen molar-refractivity contribution in [1.82, 2.24) is 9.13 Å². The first-order valence-electron chi connectivity index (χ1n) is 19.0. The van der Waals surface area contributed by atoms with Crippen LogP contribution in [0, 0.1) is 0 Å². The van der Waals surface area contributed by atoms with Crippen molar-refractivity contribution in [2.75, 3.05) is 0 Å². The largest absolute Gasteiger partial charge is 0.313 e. The number of hydrogen-bond acceptors (Lipinski definition) is 0. The molecule has 0 N–H and O–H groups in total. The second-order valence-corrected chi connectivity index (χ2v) is 14.8. The molecule has 11 aromatic rings. The molecule has 0 bridgehead atoms. The van der Waals surface area contributed by atoms with Crippen LogP contribution in [-0.4, -0.2) is 9.13 Å². The van der Waals surface area contributed by atoms with Crippen molar-refractivity contribution < 1.29 is 0 Å². The van der Waals surface area contributed by atoms with E-state index in [9.17, 15) is 0 Å². The molecule has 252 valence electrons. The summed E-state index contributed by atoms with van der Waals surface area (Å²) in [6, 6.07) is 63.2. The van der Waals surface area contributed by atoms with Gasteiger partial charge in [0, 0.05) is 38.8 Å². The average Bonchev–Trinajstić information content (AvgIpc) is 3.75. The maximum atomic E-state index is 2.51. The molecule has 2 heterocycles. The van der Waals surface area contributed by atoms with Gasteiger partial charge in [-0.2, -0.15) is 0 Å². The zero-order valence-electron chi connectivity index (χ0n) is 29.6. The molecule has 0 aliphatic heterocycles. The maximum Gasteiger partial charge on any atom is 0.0541 e. The molecule has 0 unspecified atom stereocenters. The third-order valence-corrected chi connectivity index (χ3v) is 11.9. The molecule has 12 rings (SSSR count). The van der Waals surface area contributed by atoms with Crippen LogP contribution in [-0.2, 0) is 6.42 Å². The average molecular weight is 687 g/mol. The first-order chi connectivity index (χ1) is 26.8. The lowest BCUT2D eigenvalue weighted by Crippen LogP contribution is -2.02. The normalized spacial score (nSPS) is 13.0. The quantitative estimate of drug-likeness (QED) is 0.164. The van der Waals surface area contributed by atoms with E-state index >= 15 is 0 Å². The van der Waals surface area contributed by atoms with Crippen LogP contribution in [0.2, 0.25) is 0 Å². The maximum absolute atomic E-state index is 2.51. The predicted octanol–water partition coefficient (Wildman–Crippen LogP) is 14.0. The molecule has 0 spiro atoms. The lowest BCUT2D eigenvalue weighted by atomic mass is 9.98. The number of nitrogens with zero attached hydrogens (tertiary/aromatic N) is 2. The van der Waals surface area contributed by atoms with E-state index in [0.29, 0.717) is 0 Å². The molecule has 9 aromatic carbocycles. The molecule has 2 nitrogen and oxygen atoms in total. The number of benzene rings is 9. The van der Waals surface area contributed by atoms with Gasteiger partial charge in [0.15, 0.2) is 0 Å². The summed E-state index contributed by atoms with van der Waals surface area (Å²) in [5, 5.41) is 14.1. The number of allylic oxidation sites excluding steroid dienone is 1. The van der Waals surface area contributed by atoms with Crippen molar-refractivity contribution in [3.8, 4) is 22.5 Å². The molecule has 1 aliphatic rings. The van der Waals surface area contributed by atoms with E-state index in [1.807, 2.05) is 0 Å². The minimum absolute atomic E-state index is 1.03. The summed E-state index contributed by atoms with van der Waals surface area (Å²) in [6.07, 6.45) is 6.77. The van der Waals surface area contributed by atoms with Crippen molar-refractivity contribution in [2.45, 2.75) is 12.8 Å². The smallest absolute Gasteiger partial charge is 0.0541 e. The summed E-state index contributed by atoms with van der Waals surface area (Å²) in [7, 11) is 0. The van der Waals surface area contributed by atoms with Crippen LogP contribution in [0.1, 0.15) is 17.7 Å². The first kappa shape index (κ1) is 29.7. The standard InChI is InChI=1S/C52H34N2/c1-3-11-41-33(9-1)17-19-37-29-39(23-25-43(37)41)53-49-15-7-5-13-45(49)47-31-35(21-27-51(47)53)36-22-28-52-48(32-36)46-14-6-8-16-50(46)54(52)40-24-26-44-38(30-40)20-18-34-10-2-4-12-42(34)44/h1-7,9-15,17-32H,8,16H2. The number of rotatable bonds is 3. The van der Waals surface area contributed by atoms with Crippen LogP contribution >= 0.6 is 0 Å². The van der Waals surface area contributed by atoms with Crippen molar-refractivity contribution >= 4 is 81.9 Å². The SMILES string of the molecule is C1=Cc2c(n(-c3ccc4c(ccc5ccccc54)c3)c3ccc(-c4ccc5c(c4)c4ccccc4n5-c4ccc5c(ccc6ccccc65)c4)cc23)CC1. The zero-order valence-corrected chi connectivity index (χ0v) is 29.6. The van der Waals surface area contributed by atoms with Crippen LogP contribution in [0.4, 0.5) is 0 Å². The number of para-hydroxylation sites is 1. The lowest BCUT2D eigenvalue weighted by molar-refractivity contribution is 0.889. The Hall–Kier alpha value is -6.90. The molecule has 2 aromatic heterocycles. The molecule has 0 atom stereocenters. The predicted molar refractivity (Wildman–Crippen MR) is 230 cm³/mol. The molecule has 1 aliphatic carbocycles. The van der Waals surface area contributed by atoms with Gasteiger partial charge in [-0.3, -0.25) is 0 Å². The van der Waals surface area contributed by atoms with Crippen LogP contribution in [0.5, 0.6) is 0 Å². The molecule has 0 radical (unpaired) electrons. The van der Waals surface area contributed by atoms with Crippen molar-refractivity contribution in [3.05, 3.63) is 187 Å². The number of hydrogen-bond donors (Lipinski definition) is 0. The Morgan fingerprint density at radius 2 is 0.870 bits per heavy atom. The number of aromatic nitrogens is 2. The minimum atomic E-state index is 1.03. The summed E-state index contributed by atoms with van der Waals surface area (Å²) in [5.41, 5.74) is 11.3. The van der Waals surface area contributed by atoms with Gasteiger partial charge < -0.3 is 9.13 Å². The van der Waals surface area contributed by atoms with E-state index in [2.05, 4.69) is 191 Å². The van der Waals surface area contributed by atoms with Gasteiger partial charge in [0.05, 0.1) is 16.6 Å². The molecule has 2 heteroatoms. The fourth-order valence-corrected chi connectivity index (χ4v) is 9.41. The molecular formula is C52H34N2. The second-order valence-electron chi connectivity index (χ2n) is 14.8. The summed E-state index contributed by atoms with van der Waals surface area (Å²) in [4.78, 5) is 0.